The molecule has 7 nitrogen and oxygen atoms in total. The Bertz CT molecular complexity index is 1740. The SMILES string of the molecule is COc1ccccc1[C@H]1C2=C(N=c3s/c(=C\c4ccc(N5CCOCC5)o4)c(=O)n31)c1ccccc1CC2. The number of aryl methyl sites for hydroxylation is 1. The summed E-state index contributed by atoms with van der Waals surface area (Å²) in [5, 5.41) is 0. The third-order valence-electron chi connectivity index (χ3n) is 7.52. The molecule has 2 aliphatic heterocycles. The lowest BCUT2D eigenvalue weighted by Crippen LogP contribution is -2.39. The van der Waals surface area contributed by atoms with Crippen LogP contribution in [0.4, 0.5) is 5.88 Å². The van der Waals surface area contributed by atoms with Gasteiger partial charge in [0.15, 0.2) is 10.7 Å². The first-order valence-electron chi connectivity index (χ1n) is 12.9. The summed E-state index contributed by atoms with van der Waals surface area (Å²) in [6, 6.07) is 20.0. The van der Waals surface area contributed by atoms with Gasteiger partial charge in [-0.3, -0.25) is 9.36 Å². The number of morpholine rings is 1. The zero-order valence-electron chi connectivity index (χ0n) is 21.1. The van der Waals surface area contributed by atoms with Crippen LogP contribution in [0.2, 0.25) is 0 Å². The van der Waals surface area contributed by atoms with Gasteiger partial charge in [-0.25, -0.2) is 4.99 Å². The first-order valence-corrected chi connectivity index (χ1v) is 13.7. The molecule has 3 aliphatic rings. The second kappa shape index (κ2) is 9.45. The number of anilines is 1. The van der Waals surface area contributed by atoms with E-state index in [4.69, 9.17) is 18.9 Å². The van der Waals surface area contributed by atoms with Gasteiger partial charge < -0.3 is 18.8 Å². The van der Waals surface area contributed by atoms with Crippen LogP contribution < -0.4 is 24.5 Å². The average Bonchev–Trinajstić information content (AvgIpc) is 3.56. The minimum absolute atomic E-state index is 0.0700. The number of hydrogen-bond acceptors (Lipinski definition) is 7. The van der Waals surface area contributed by atoms with Crippen molar-refractivity contribution >= 4 is 29.0 Å². The first-order chi connectivity index (χ1) is 18.7. The Hall–Kier alpha value is -3.88. The fraction of sp³-hybridized carbons (Fsp3) is 0.267. The smallest absolute Gasteiger partial charge is 0.271 e. The molecular weight excluding hydrogens is 498 g/mol. The predicted molar refractivity (Wildman–Crippen MR) is 147 cm³/mol. The van der Waals surface area contributed by atoms with Crippen LogP contribution in [0.25, 0.3) is 11.8 Å². The Kier molecular flexibility index (Phi) is 5.78. The standard InChI is InChI=1S/C30H27N3O4S/c1-35-24-9-5-4-8-22(24)28-23-12-10-19-6-2-3-7-21(19)27(23)31-30-33(28)29(34)25(38-30)18-20-11-13-26(37-20)32-14-16-36-17-15-32/h2-9,11,13,18,28H,10,12,14-17H2,1H3/b25-18-/t28-/m0/s1. The molecule has 0 spiro atoms. The number of allylic oxidation sites excluding steroid dienone is 1. The number of thiazole rings is 1. The molecule has 4 aromatic rings. The van der Waals surface area contributed by atoms with Gasteiger partial charge in [0, 0.05) is 36.4 Å². The molecule has 1 atom stereocenters. The number of benzene rings is 2. The lowest BCUT2D eigenvalue weighted by Gasteiger charge is -2.31. The van der Waals surface area contributed by atoms with Crippen molar-refractivity contribution in [2.24, 2.45) is 4.99 Å². The quantitative estimate of drug-likeness (QED) is 0.406. The van der Waals surface area contributed by atoms with Crippen LogP contribution in [0.3, 0.4) is 0 Å². The molecule has 0 amide bonds. The molecule has 38 heavy (non-hydrogen) atoms. The molecule has 7 rings (SSSR count). The van der Waals surface area contributed by atoms with Gasteiger partial charge in [-0.1, -0.05) is 53.8 Å². The molecule has 192 valence electrons. The number of aromatic nitrogens is 1. The molecule has 2 aromatic heterocycles. The highest BCUT2D eigenvalue weighted by Crippen LogP contribution is 2.43. The summed E-state index contributed by atoms with van der Waals surface area (Å²) in [5.74, 6) is 2.21. The van der Waals surface area contributed by atoms with Crippen molar-refractivity contribution in [1.29, 1.82) is 0 Å². The average molecular weight is 526 g/mol. The van der Waals surface area contributed by atoms with Gasteiger partial charge in [0.25, 0.3) is 5.56 Å². The molecule has 2 aromatic carbocycles. The zero-order valence-corrected chi connectivity index (χ0v) is 21.9. The Balaban J connectivity index is 1.40. The van der Waals surface area contributed by atoms with Gasteiger partial charge in [-0.15, -0.1) is 0 Å². The van der Waals surface area contributed by atoms with E-state index < -0.39 is 0 Å². The molecule has 1 saturated heterocycles. The largest absolute Gasteiger partial charge is 0.496 e. The molecule has 4 heterocycles. The molecular formula is C30H27N3O4S. The van der Waals surface area contributed by atoms with Crippen molar-refractivity contribution < 1.29 is 13.9 Å². The molecule has 0 unspecified atom stereocenters. The van der Waals surface area contributed by atoms with Crippen molar-refractivity contribution in [3.8, 4) is 5.75 Å². The van der Waals surface area contributed by atoms with E-state index in [1.807, 2.05) is 41.0 Å². The minimum atomic E-state index is -0.284. The fourth-order valence-electron chi connectivity index (χ4n) is 5.69. The van der Waals surface area contributed by atoms with Gasteiger partial charge in [0.05, 0.1) is 36.6 Å². The Labute approximate surface area is 223 Å². The van der Waals surface area contributed by atoms with E-state index in [1.54, 1.807) is 7.11 Å². The van der Waals surface area contributed by atoms with E-state index in [0.29, 0.717) is 28.3 Å². The van der Waals surface area contributed by atoms with E-state index in [2.05, 4.69) is 35.2 Å². The predicted octanol–water partition coefficient (Wildman–Crippen LogP) is 3.76. The number of furan rings is 1. The van der Waals surface area contributed by atoms with Gasteiger partial charge in [0.2, 0.25) is 0 Å². The van der Waals surface area contributed by atoms with Crippen molar-refractivity contribution in [2.45, 2.75) is 18.9 Å². The lowest BCUT2D eigenvalue weighted by atomic mass is 9.83. The second-order valence-electron chi connectivity index (χ2n) is 9.63. The van der Waals surface area contributed by atoms with Crippen LogP contribution in [0.5, 0.6) is 5.75 Å². The van der Waals surface area contributed by atoms with Gasteiger partial charge >= 0.3 is 0 Å². The van der Waals surface area contributed by atoms with Crippen molar-refractivity contribution in [3.63, 3.8) is 0 Å². The van der Waals surface area contributed by atoms with E-state index in [9.17, 15) is 4.79 Å². The number of rotatable bonds is 4. The van der Waals surface area contributed by atoms with E-state index in [-0.39, 0.29) is 11.6 Å². The first kappa shape index (κ1) is 23.3. The highest BCUT2D eigenvalue weighted by atomic mass is 32.1. The summed E-state index contributed by atoms with van der Waals surface area (Å²) in [7, 11) is 1.68. The number of methoxy groups -OCH3 is 1. The monoisotopic (exact) mass is 525 g/mol. The molecule has 0 N–H and O–H groups in total. The number of hydrogen-bond donors (Lipinski definition) is 0. The summed E-state index contributed by atoms with van der Waals surface area (Å²) in [6.07, 6.45) is 3.59. The number of fused-ring (bicyclic) bond motifs is 3. The second-order valence-corrected chi connectivity index (χ2v) is 10.6. The highest BCUT2D eigenvalue weighted by Gasteiger charge is 2.34. The molecule has 0 bridgehead atoms. The van der Waals surface area contributed by atoms with E-state index in [1.165, 1.54) is 16.9 Å². The Morgan fingerprint density at radius 3 is 2.71 bits per heavy atom. The highest BCUT2D eigenvalue weighted by molar-refractivity contribution is 7.07. The summed E-state index contributed by atoms with van der Waals surface area (Å²) in [6.45, 7) is 2.96. The Morgan fingerprint density at radius 2 is 1.84 bits per heavy atom. The fourth-order valence-corrected chi connectivity index (χ4v) is 6.67. The summed E-state index contributed by atoms with van der Waals surface area (Å²) in [4.78, 5) is 21.9. The summed E-state index contributed by atoms with van der Waals surface area (Å²) in [5.41, 5.74) is 5.46. The van der Waals surface area contributed by atoms with Gasteiger partial charge in [0.1, 0.15) is 11.5 Å². The maximum atomic E-state index is 14.0. The molecule has 0 radical (unpaired) electrons. The van der Waals surface area contributed by atoms with Crippen molar-refractivity contribution in [3.05, 3.63) is 108 Å². The van der Waals surface area contributed by atoms with Gasteiger partial charge in [-0.05, 0) is 36.1 Å². The van der Waals surface area contributed by atoms with Crippen molar-refractivity contribution in [1.82, 2.24) is 4.57 Å². The number of ether oxygens (including phenoxy) is 2. The normalized spacial score (nSPS) is 19.0. The molecule has 8 heteroatoms. The van der Waals surface area contributed by atoms with Gasteiger partial charge in [-0.2, -0.15) is 0 Å². The zero-order chi connectivity index (χ0) is 25.6. The number of para-hydroxylation sites is 1. The Morgan fingerprint density at radius 1 is 1.03 bits per heavy atom. The maximum absolute atomic E-state index is 14.0. The molecule has 1 fully saturated rings. The summed E-state index contributed by atoms with van der Waals surface area (Å²) < 4.78 is 19.8. The summed E-state index contributed by atoms with van der Waals surface area (Å²) >= 11 is 1.40. The third-order valence-corrected chi connectivity index (χ3v) is 8.50. The van der Waals surface area contributed by atoms with Crippen LogP contribution in [0.15, 0.2) is 80.4 Å². The van der Waals surface area contributed by atoms with E-state index in [0.717, 1.165) is 60.0 Å². The molecule has 0 saturated carbocycles. The van der Waals surface area contributed by atoms with Crippen molar-refractivity contribution in [2.75, 3.05) is 38.3 Å². The maximum Gasteiger partial charge on any atom is 0.271 e. The third kappa shape index (κ3) is 3.83. The van der Waals surface area contributed by atoms with Crippen LogP contribution in [0, 0.1) is 0 Å². The van der Waals surface area contributed by atoms with Crippen LogP contribution in [0.1, 0.15) is 34.9 Å². The lowest BCUT2D eigenvalue weighted by molar-refractivity contribution is 0.120. The van der Waals surface area contributed by atoms with E-state index >= 15 is 0 Å². The van der Waals surface area contributed by atoms with Crippen LogP contribution >= 0.6 is 11.3 Å². The minimum Gasteiger partial charge on any atom is -0.496 e. The molecule has 1 aliphatic carbocycles. The number of nitrogens with zero attached hydrogens (tertiary/aromatic N) is 3. The topological polar surface area (TPSA) is 69.2 Å². The van der Waals surface area contributed by atoms with Crippen LogP contribution in [-0.4, -0.2) is 38.0 Å². The van der Waals surface area contributed by atoms with Crippen LogP contribution in [-0.2, 0) is 11.2 Å².